The lowest BCUT2D eigenvalue weighted by Gasteiger charge is -2.48. The van der Waals surface area contributed by atoms with E-state index in [2.05, 4.69) is 5.48 Å². The zero-order valence-corrected chi connectivity index (χ0v) is 22.8. The van der Waals surface area contributed by atoms with Gasteiger partial charge in [0.05, 0.1) is 18.6 Å². The van der Waals surface area contributed by atoms with Gasteiger partial charge in [-0.05, 0) is 59.9 Å². The molecule has 5 rings (SSSR count). The molecule has 1 heterocycles. The smallest absolute Gasteiger partial charge is 0.255 e. The number of hydrogen-bond donors (Lipinski definition) is 2. The Balaban J connectivity index is 1.55. The molecule has 3 N–H and O–H groups in total. The lowest BCUT2D eigenvalue weighted by Crippen LogP contribution is -2.57. The maximum absolute atomic E-state index is 14.0. The molecular formula is C29H28Cl3N3O3. The number of fused-ring (bicyclic) bond motifs is 1. The molecule has 3 aromatic carbocycles. The van der Waals surface area contributed by atoms with Crippen LogP contribution in [0.15, 0.2) is 66.7 Å². The third-order valence-corrected chi connectivity index (χ3v) is 8.22. The Morgan fingerprint density at radius 3 is 2.39 bits per heavy atom. The van der Waals surface area contributed by atoms with Crippen molar-refractivity contribution in [2.45, 2.75) is 56.3 Å². The topological polar surface area (TPSA) is 84.7 Å². The van der Waals surface area contributed by atoms with Gasteiger partial charge >= 0.3 is 0 Å². The lowest BCUT2D eigenvalue weighted by atomic mass is 9.76. The van der Waals surface area contributed by atoms with Crippen molar-refractivity contribution in [2.75, 3.05) is 0 Å². The molecule has 3 aromatic rings. The van der Waals surface area contributed by atoms with E-state index < -0.39 is 12.0 Å². The Bertz CT molecular complexity index is 1330. The molecule has 9 heteroatoms. The van der Waals surface area contributed by atoms with Crippen LogP contribution in [0.1, 0.15) is 64.7 Å². The lowest BCUT2D eigenvalue weighted by molar-refractivity contribution is -0.138. The van der Waals surface area contributed by atoms with Crippen molar-refractivity contribution in [3.63, 3.8) is 0 Å². The fourth-order valence-corrected chi connectivity index (χ4v) is 6.24. The van der Waals surface area contributed by atoms with E-state index in [1.807, 2.05) is 24.3 Å². The number of hydrogen-bond acceptors (Lipinski definition) is 4. The second kappa shape index (κ2) is 11.6. The van der Waals surface area contributed by atoms with Crippen molar-refractivity contribution in [1.29, 1.82) is 0 Å². The van der Waals surface area contributed by atoms with Gasteiger partial charge in [0.2, 0.25) is 0 Å². The van der Waals surface area contributed by atoms with E-state index in [9.17, 15) is 9.59 Å². The molecule has 1 aliphatic heterocycles. The quantitative estimate of drug-likeness (QED) is 0.333. The van der Waals surface area contributed by atoms with Crippen LogP contribution in [-0.2, 0) is 16.2 Å². The van der Waals surface area contributed by atoms with Crippen molar-refractivity contribution in [1.82, 2.24) is 10.4 Å². The summed E-state index contributed by atoms with van der Waals surface area (Å²) in [6.45, 7) is 0.153. The first-order valence-electron chi connectivity index (χ1n) is 12.6. The summed E-state index contributed by atoms with van der Waals surface area (Å²) < 4.78 is 0. The molecule has 6 nitrogen and oxygen atoms in total. The molecule has 1 aliphatic carbocycles. The normalized spacial score (nSPS) is 23.2. The van der Waals surface area contributed by atoms with Crippen molar-refractivity contribution in [3.8, 4) is 0 Å². The van der Waals surface area contributed by atoms with Gasteiger partial charge in [0.15, 0.2) is 0 Å². The second-order valence-corrected chi connectivity index (χ2v) is 11.1. The van der Waals surface area contributed by atoms with E-state index in [0.29, 0.717) is 31.8 Å². The molecule has 198 valence electrons. The summed E-state index contributed by atoms with van der Waals surface area (Å²) in [5.41, 5.74) is 11.8. The first-order valence-corrected chi connectivity index (χ1v) is 13.8. The van der Waals surface area contributed by atoms with Gasteiger partial charge in [0.25, 0.3) is 11.8 Å². The van der Waals surface area contributed by atoms with E-state index in [0.717, 1.165) is 31.2 Å². The van der Waals surface area contributed by atoms with Gasteiger partial charge in [0.1, 0.15) is 0 Å². The summed E-state index contributed by atoms with van der Waals surface area (Å²) in [5, 5.41) is 1.46. The Hall–Kier alpha value is -2.61. The van der Waals surface area contributed by atoms with Crippen LogP contribution in [-0.4, -0.2) is 28.8 Å². The van der Waals surface area contributed by atoms with Gasteiger partial charge in [-0.2, -0.15) is 0 Å². The number of carbonyl (C=O) groups is 2. The molecule has 0 saturated heterocycles. The predicted octanol–water partition coefficient (Wildman–Crippen LogP) is 6.45. The molecule has 1 saturated carbocycles. The molecule has 0 aromatic heterocycles. The third kappa shape index (κ3) is 5.42. The van der Waals surface area contributed by atoms with Crippen LogP contribution in [0.4, 0.5) is 0 Å². The Morgan fingerprint density at radius 1 is 0.947 bits per heavy atom. The Labute approximate surface area is 236 Å². The second-order valence-electron chi connectivity index (χ2n) is 9.79. The first kappa shape index (κ1) is 27.0. The summed E-state index contributed by atoms with van der Waals surface area (Å²) in [6.07, 6.45) is 3.51. The average molecular weight is 573 g/mol. The van der Waals surface area contributed by atoms with Crippen LogP contribution in [0.5, 0.6) is 0 Å². The number of hydroxylamine groups is 1. The minimum absolute atomic E-state index is 0.153. The van der Waals surface area contributed by atoms with Crippen molar-refractivity contribution >= 4 is 46.6 Å². The molecule has 4 atom stereocenters. The molecule has 2 amide bonds. The SMILES string of the molecule is N[C@H]1CCCC[C@@H]1N1C(=O)c2ccccc2[C@@H](C(=O)NOCc2ccc(Cl)cc2)[C@@H]1c1ccc(Cl)cc1Cl. The van der Waals surface area contributed by atoms with Crippen LogP contribution in [0.2, 0.25) is 15.1 Å². The molecule has 0 unspecified atom stereocenters. The maximum Gasteiger partial charge on any atom is 0.255 e. The van der Waals surface area contributed by atoms with Crippen LogP contribution < -0.4 is 11.2 Å². The molecule has 0 bridgehead atoms. The summed E-state index contributed by atoms with van der Waals surface area (Å²) >= 11 is 18.9. The number of benzene rings is 3. The highest BCUT2D eigenvalue weighted by molar-refractivity contribution is 6.35. The molecule has 38 heavy (non-hydrogen) atoms. The van der Waals surface area contributed by atoms with Crippen molar-refractivity contribution in [3.05, 3.63) is 104 Å². The number of nitrogens with two attached hydrogens (primary N) is 1. The molecule has 2 aliphatic rings. The standard InChI is InChI=1S/C29H28Cl3N3O3/c30-18-11-9-17(10-12-18)16-38-34-28(36)26-20-5-1-2-6-21(20)29(37)35(25-8-4-3-7-24(25)33)27(26)22-14-13-19(31)15-23(22)32/h1-2,5-6,9-15,24-27H,3-4,7-8,16,33H2,(H,34,36)/t24-,25-,26+,27-/m0/s1. The number of nitrogens with one attached hydrogen (secondary N) is 1. The summed E-state index contributed by atoms with van der Waals surface area (Å²) in [5.74, 6) is -1.34. The number of rotatable bonds is 6. The van der Waals surface area contributed by atoms with Gasteiger partial charge < -0.3 is 10.6 Å². The largest absolute Gasteiger partial charge is 0.326 e. The number of carbonyl (C=O) groups excluding carboxylic acids is 2. The van der Waals surface area contributed by atoms with E-state index in [1.54, 1.807) is 47.4 Å². The first-order chi connectivity index (χ1) is 18.3. The van der Waals surface area contributed by atoms with E-state index in [-0.39, 0.29) is 30.5 Å². The monoisotopic (exact) mass is 571 g/mol. The summed E-state index contributed by atoms with van der Waals surface area (Å²) in [4.78, 5) is 35.3. The summed E-state index contributed by atoms with van der Waals surface area (Å²) in [7, 11) is 0. The fourth-order valence-electron chi connectivity index (χ4n) is 5.59. The Kier molecular flexibility index (Phi) is 8.26. The zero-order valence-electron chi connectivity index (χ0n) is 20.6. The van der Waals surface area contributed by atoms with E-state index in [1.165, 1.54) is 0 Å². The van der Waals surface area contributed by atoms with Crippen molar-refractivity contribution in [2.24, 2.45) is 5.73 Å². The van der Waals surface area contributed by atoms with Gasteiger partial charge in [0, 0.05) is 32.7 Å². The van der Waals surface area contributed by atoms with E-state index in [4.69, 9.17) is 45.4 Å². The van der Waals surface area contributed by atoms with Crippen LogP contribution >= 0.6 is 34.8 Å². The van der Waals surface area contributed by atoms with Crippen molar-refractivity contribution < 1.29 is 14.4 Å². The number of amides is 2. The molecule has 0 radical (unpaired) electrons. The highest BCUT2D eigenvalue weighted by Crippen LogP contribution is 2.47. The van der Waals surface area contributed by atoms with Gasteiger partial charge in [-0.25, -0.2) is 5.48 Å². The van der Waals surface area contributed by atoms with E-state index >= 15 is 0 Å². The third-order valence-electron chi connectivity index (χ3n) is 7.40. The minimum atomic E-state index is -0.790. The molecule has 0 spiro atoms. The maximum atomic E-state index is 14.0. The number of halogens is 3. The average Bonchev–Trinajstić information content (AvgIpc) is 2.90. The zero-order chi connectivity index (χ0) is 26.8. The van der Waals surface area contributed by atoms with Crippen LogP contribution in [0.25, 0.3) is 0 Å². The summed E-state index contributed by atoms with van der Waals surface area (Å²) in [6, 6.07) is 18.3. The highest BCUT2D eigenvalue weighted by Gasteiger charge is 2.48. The highest BCUT2D eigenvalue weighted by atomic mass is 35.5. The molecule has 1 fully saturated rings. The minimum Gasteiger partial charge on any atom is -0.326 e. The van der Waals surface area contributed by atoms with Gasteiger partial charge in [-0.15, -0.1) is 0 Å². The predicted molar refractivity (Wildman–Crippen MR) is 149 cm³/mol. The van der Waals surface area contributed by atoms with Gasteiger partial charge in [-0.3, -0.25) is 14.4 Å². The van der Waals surface area contributed by atoms with Crippen LogP contribution in [0, 0.1) is 0 Å². The van der Waals surface area contributed by atoms with Gasteiger partial charge in [-0.1, -0.05) is 84.0 Å². The number of nitrogens with zero attached hydrogens (tertiary/aromatic N) is 1. The molecular weight excluding hydrogens is 545 g/mol. The fraction of sp³-hybridized carbons (Fsp3) is 0.310. The van der Waals surface area contributed by atoms with Crippen LogP contribution in [0.3, 0.4) is 0 Å². The Morgan fingerprint density at radius 2 is 1.66 bits per heavy atom.